The summed E-state index contributed by atoms with van der Waals surface area (Å²) >= 11 is 19.0. The van der Waals surface area contributed by atoms with E-state index in [9.17, 15) is 4.79 Å². The molecule has 0 aromatic heterocycles. The zero-order valence-corrected chi connectivity index (χ0v) is 20.5. The number of carbonyl (C=O) groups excluding carboxylic acids is 1. The molecule has 3 aromatic rings. The minimum atomic E-state index is -0.140. The number of ether oxygens (including phenoxy) is 1. The van der Waals surface area contributed by atoms with Gasteiger partial charge in [0.25, 0.3) is 5.91 Å². The molecule has 0 radical (unpaired) electrons. The summed E-state index contributed by atoms with van der Waals surface area (Å²) in [6.07, 6.45) is 1.82. The number of para-hydroxylation sites is 1. The third kappa shape index (κ3) is 4.86. The highest BCUT2D eigenvalue weighted by Crippen LogP contribution is 2.37. The molecule has 3 aromatic carbocycles. The van der Waals surface area contributed by atoms with Crippen molar-refractivity contribution in [3.05, 3.63) is 97.9 Å². The van der Waals surface area contributed by atoms with E-state index in [-0.39, 0.29) is 12.5 Å². The number of carbonyl (C=O) groups is 1. The van der Waals surface area contributed by atoms with Crippen molar-refractivity contribution < 1.29 is 9.53 Å². The fourth-order valence-corrected chi connectivity index (χ4v) is 4.97. The van der Waals surface area contributed by atoms with Gasteiger partial charge < -0.3 is 4.74 Å². The summed E-state index contributed by atoms with van der Waals surface area (Å²) in [6.45, 7) is 4.34. The van der Waals surface area contributed by atoms with Crippen LogP contribution in [0.2, 0.25) is 10.0 Å². The van der Waals surface area contributed by atoms with Gasteiger partial charge in [0.2, 0.25) is 0 Å². The number of rotatable bonds is 5. The number of hydrogen-bond donors (Lipinski definition) is 0. The van der Waals surface area contributed by atoms with Crippen LogP contribution in [0.15, 0.2) is 65.6 Å². The number of amides is 1. The van der Waals surface area contributed by atoms with E-state index in [4.69, 9.17) is 40.2 Å². The molecule has 32 heavy (non-hydrogen) atoms. The second kappa shape index (κ2) is 9.67. The largest absolute Gasteiger partial charge is 0.488 e. The number of nitrogens with zero attached hydrogens (tertiary/aromatic N) is 1. The number of halogens is 2. The first-order valence-electron chi connectivity index (χ1n) is 9.84. The van der Waals surface area contributed by atoms with E-state index in [1.165, 1.54) is 17.3 Å². The quantitative estimate of drug-likeness (QED) is 0.267. The Labute approximate surface area is 207 Å². The minimum Gasteiger partial charge on any atom is -0.488 e. The molecule has 0 spiro atoms. The van der Waals surface area contributed by atoms with Crippen LogP contribution in [0.25, 0.3) is 6.08 Å². The Morgan fingerprint density at radius 3 is 2.56 bits per heavy atom. The Kier molecular flexibility index (Phi) is 6.91. The Bertz CT molecular complexity index is 1260. The highest BCUT2D eigenvalue weighted by molar-refractivity contribution is 8.27. The first kappa shape index (κ1) is 22.9. The highest BCUT2D eigenvalue weighted by atomic mass is 35.5. The molecule has 4 rings (SSSR count). The Morgan fingerprint density at radius 1 is 1.03 bits per heavy atom. The van der Waals surface area contributed by atoms with Crippen molar-refractivity contribution in [3.63, 3.8) is 0 Å². The number of thioether (sulfide) groups is 1. The van der Waals surface area contributed by atoms with E-state index in [0.717, 1.165) is 22.4 Å². The smallest absolute Gasteiger partial charge is 0.270 e. The van der Waals surface area contributed by atoms with Gasteiger partial charge in [-0.3, -0.25) is 9.69 Å². The predicted octanol–water partition coefficient (Wildman–Crippen LogP) is 7.60. The Morgan fingerprint density at radius 2 is 1.81 bits per heavy atom. The fourth-order valence-electron chi connectivity index (χ4n) is 3.22. The van der Waals surface area contributed by atoms with Gasteiger partial charge in [-0.25, -0.2) is 0 Å². The van der Waals surface area contributed by atoms with E-state index in [2.05, 4.69) is 0 Å². The van der Waals surface area contributed by atoms with Crippen LogP contribution in [0.4, 0.5) is 5.69 Å². The minimum absolute atomic E-state index is 0.140. The van der Waals surface area contributed by atoms with Gasteiger partial charge in [-0.05, 0) is 61.4 Å². The lowest BCUT2D eigenvalue weighted by Crippen LogP contribution is -2.27. The van der Waals surface area contributed by atoms with Crippen LogP contribution < -0.4 is 9.64 Å². The van der Waals surface area contributed by atoms with Crippen molar-refractivity contribution in [1.29, 1.82) is 0 Å². The predicted molar refractivity (Wildman–Crippen MR) is 139 cm³/mol. The van der Waals surface area contributed by atoms with Gasteiger partial charge in [-0.2, -0.15) is 0 Å². The summed E-state index contributed by atoms with van der Waals surface area (Å²) < 4.78 is 6.53. The van der Waals surface area contributed by atoms with Gasteiger partial charge in [0.05, 0.1) is 10.6 Å². The monoisotopic (exact) mass is 499 g/mol. The summed E-state index contributed by atoms with van der Waals surface area (Å²) in [4.78, 5) is 15.3. The van der Waals surface area contributed by atoms with Gasteiger partial charge in [0, 0.05) is 21.2 Å². The third-order valence-corrected chi connectivity index (χ3v) is 7.04. The molecule has 162 valence electrons. The van der Waals surface area contributed by atoms with Crippen molar-refractivity contribution >= 4 is 69.2 Å². The number of hydrogen-bond acceptors (Lipinski definition) is 4. The van der Waals surface area contributed by atoms with Crippen molar-refractivity contribution in [3.8, 4) is 5.75 Å². The lowest BCUT2D eigenvalue weighted by molar-refractivity contribution is -0.113. The average Bonchev–Trinajstić information content (AvgIpc) is 3.03. The second-order valence-electron chi connectivity index (χ2n) is 7.35. The zero-order chi connectivity index (χ0) is 22.8. The first-order valence-corrected chi connectivity index (χ1v) is 11.8. The first-order chi connectivity index (χ1) is 15.3. The molecule has 1 aliphatic heterocycles. The van der Waals surface area contributed by atoms with Crippen molar-refractivity contribution in [2.75, 3.05) is 4.90 Å². The number of aryl methyl sites for hydroxylation is 2. The van der Waals surface area contributed by atoms with Gasteiger partial charge in [-0.15, -0.1) is 0 Å². The average molecular weight is 500 g/mol. The Hall–Kier alpha value is -2.31. The van der Waals surface area contributed by atoms with Gasteiger partial charge in [0.15, 0.2) is 4.32 Å². The van der Waals surface area contributed by atoms with Crippen LogP contribution in [0, 0.1) is 13.8 Å². The molecule has 0 atom stereocenters. The summed E-state index contributed by atoms with van der Waals surface area (Å²) in [5, 5.41) is 1.12. The molecule has 3 nitrogen and oxygen atoms in total. The summed E-state index contributed by atoms with van der Waals surface area (Å²) in [6, 6.07) is 18.7. The molecular weight excluding hydrogens is 481 g/mol. The molecule has 1 heterocycles. The van der Waals surface area contributed by atoms with Crippen LogP contribution in [-0.4, -0.2) is 10.2 Å². The maximum Gasteiger partial charge on any atom is 0.270 e. The molecule has 1 saturated heterocycles. The normalized spacial score (nSPS) is 15.0. The highest BCUT2D eigenvalue weighted by Gasteiger charge is 2.33. The fraction of sp³-hybridized carbons (Fsp3) is 0.120. The lowest BCUT2D eigenvalue weighted by atomic mass is 10.1. The molecule has 1 aliphatic rings. The molecular formula is C25H19Cl2NO2S2. The van der Waals surface area contributed by atoms with Crippen LogP contribution >= 0.6 is 47.2 Å². The summed E-state index contributed by atoms with van der Waals surface area (Å²) in [5.74, 6) is 0.508. The maximum absolute atomic E-state index is 13.2. The van der Waals surface area contributed by atoms with Crippen LogP contribution in [0.5, 0.6) is 5.75 Å². The molecule has 0 unspecified atom stereocenters. The van der Waals surface area contributed by atoms with Crippen molar-refractivity contribution in [1.82, 2.24) is 0 Å². The third-order valence-electron chi connectivity index (χ3n) is 5.15. The maximum atomic E-state index is 13.2. The van der Waals surface area contributed by atoms with E-state index >= 15 is 0 Å². The van der Waals surface area contributed by atoms with Crippen LogP contribution in [-0.2, 0) is 11.4 Å². The van der Waals surface area contributed by atoms with Gasteiger partial charge in [-0.1, -0.05) is 77.5 Å². The van der Waals surface area contributed by atoms with E-state index < -0.39 is 0 Å². The summed E-state index contributed by atoms with van der Waals surface area (Å²) in [5.41, 5.74) is 4.67. The van der Waals surface area contributed by atoms with Crippen molar-refractivity contribution in [2.45, 2.75) is 20.5 Å². The summed E-state index contributed by atoms with van der Waals surface area (Å²) in [7, 11) is 0. The molecule has 0 aliphatic carbocycles. The van der Waals surface area contributed by atoms with E-state index in [1.54, 1.807) is 17.0 Å². The molecule has 1 amide bonds. The van der Waals surface area contributed by atoms with E-state index in [1.807, 2.05) is 68.5 Å². The zero-order valence-electron chi connectivity index (χ0n) is 17.4. The van der Waals surface area contributed by atoms with Crippen LogP contribution in [0.3, 0.4) is 0 Å². The van der Waals surface area contributed by atoms with Crippen molar-refractivity contribution in [2.24, 2.45) is 0 Å². The Balaban J connectivity index is 1.58. The molecule has 1 fully saturated rings. The van der Waals surface area contributed by atoms with Gasteiger partial charge >= 0.3 is 0 Å². The molecule has 0 saturated carbocycles. The topological polar surface area (TPSA) is 29.5 Å². The SMILES string of the molecule is Cc1ccc(N2C(=O)C(=Cc3ccccc3OCc3ccc(Cl)cc3Cl)SC2=S)cc1C. The molecule has 0 bridgehead atoms. The number of anilines is 1. The van der Waals surface area contributed by atoms with E-state index in [0.29, 0.717) is 25.0 Å². The number of thiocarbonyl (C=S) groups is 1. The number of benzene rings is 3. The lowest BCUT2D eigenvalue weighted by Gasteiger charge is -2.16. The second-order valence-corrected chi connectivity index (χ2v) is 9.87. The molecule has 0 N–H and O–H groups in total. The van der Waals surface area contributed by atoms with Gasteiger partial charge in [0.1, 0.15) is 12.4 Å². The standard InChI is InChI=1S/C25H19Cl2NO2S2/c1-15-7-10-20(11-16(15)2)28-24(29)23(32-25(28)31)12-17-5-3-4-6-22(17)30-14-18-8-9-19(26)13-21(18)27/h3-13H,14H2,1-2H3. The van der Waals surface area contributed by atoms with Crippen LogP contribution in [0.1, 0.15) is 22.3 Å². The molecule has 7 heteroatoms.